The summed E-state index contributed by atoms with van der Waals surface area (Å²) in [6.07, 6.45) is 0. The summed E-state index contributed by atoms with van der Waals surface area (Å²) in [5, 5.41) is 20.8. The molecule has 3 aromatic carbocycles. The molecular formula is C26H20ClN3O3. The highest BCUT2D eigenvalue weighted by Gasteiger charge is 2.22. The second-order valence-corrected chi connectivity index (χ2v) is 8.30. The monoisotopic (exact) mass is 457 g/mol. The first-order valence-corrected chi connectivity index (χ1v) is 10.9. The molecule has 0 saturated carbocycles. The highest BCUT2D eigenvalue weighted by atomic mass is 35.5. The maximum Gasteiger partial charge on any atom is 0.200 e. The molecular weight excluding hydrogens is 438 g/mol. The number of aromatic amines is 1. The molecule has 4 aromatic rings. The van der Waals surface area contributed by atoms with Gasteiger partial charge in [-0.05, 0) is 42.0 Å². The molecule has 6 nitrogen and oxygen atoms in total. The van der Waals surface area contributed by atoms with E-state index in [9.17, 15) is 9.90 Å². The van der Waals surface area contributed by atoms with Gasteiger partial charge in [0.2, 0.25) is 5.88 Å². The van der Waals surface area contributed by atoms with Crippen LogP contribution in [0.4, 0.5) is 5.69 Å². The first-order valence-electron chi connectivity index (χ1n) is 10.6. The number of carbonyl (C=O) groups is 1. The molecule has 5 rings (SSSR count). The van der Waals surface area contributed by atoms with Crippen molar-refractivity contribution in [1.29, 1.82) is 5.26 Å². The average Bonchev–Trinajstić information content (AvgIpc) is 3.18. The van der Waals surface area contributed by atoms with Crippen LogP contribution in [0.1, 0.15) is 21.5 Å². The smallest absolute Gasteiger partial charge is 0.200 e. The lowest BCUT2D eigenvalue weighted by molar-refractivity contribution is 0.103. The highest BCUT2D eigenvalue weighted by molar-refractivity contribution is 6.34. The van der Waals surface area contributed by atoms with Crippen LogP contribution in [-0.2, 0) is 4.74 Å². The fraction of sp³-hybridized carbons (Fsp3) is 0.154. The van der Waals surface area contributed by atoms with Crippen molar-refractivity contribution in [3.8, 4) is 23.1 Å². The number of aromatic hydroxyl groups is 1. The normalized spacial score (nSPS) is 13.8. The van der Waals surface area contributed by atoms with Crippen LogP contribution in [0.2, 0.25) is 5.02 Å². The largest absolute Gasteiger partial charge is 0.494 e. The Morgan fingerprint density at radius 2 is 1.85 bits per heavy atom. The molecule has 0 unspecified atom stereocenters. The van der Waals surface area contributed by atoms with Gasteiger partial charge in [-0.1, -0.05) is 35.9 Å². The number of rotatable bonds is 4. The summed E-state index contributed by atoms with van der Waals surface area (Å²) in [7, 11) is 0. The number of benzene rings is 3. The maximum atomic E-state index is 13.2. The summed E-state index contributed by atoms with van der Waals surface area (Å²) in [6.45, 7) is 3.14. The third-order valence-corrected chi connectivity index (χ3v) is 6.21. The van der Waals surface area contributed by atoms with Crippen molar-refractivity contribution < 1.29 is 14.6 Å². The van der Waals surface area contributed by atoms with E-state index in [1.807, 2.05) is 24.3 Å². The summed E-state index contributed by atoms with van der Waals surface area (Å²) in [5.41, 5.74) is 4.21. The SMILES string of the molecule is N#Cc1cccc(C(=O)c2c(O)[nH]c3cc(Cl)c(-c4ccc(N5CCOCC5)cc4)cc23)c1. The second kappa shape index (κ2) is 8.62. The van der Waals surface area contributed by atoms with E-state index >= 15 is 0 Å². The summed E-state index contributed by atoms with van der Waals surface area (Å²) >= 11 is 6.57. The molecule has 2 N–H and O–H groups in total. The Hall–Kier alpha value is -3.79. The molecule has 1 fully saturated rings. The lowest BCUT2D eigenvalue weighted by Gasteiger charge is -2.29. The zero-order chi connectivity index (χ0) is 22.9. The lowest BCUT2D eigenvalue weighted by Crippen LogP contribution is -2.36. The van der Waals surface area contributed by atoms with Crippen molar-refractivity contribution in [1.82, 2.24) is 4.98 Å². The number of nitrogens with zero attached hydrogens (tertiary/aromatic N) is 2. The molecule has 0 radical (unpaired) electrons. The van der Waals surface area contributed by atoms with E-state index in [0.717, 1.165) is 43.1 Å². The molecule has 33 heavy (non-hydrogen) atoms. The number of nitriles is 1. The Bertz CT molecular complexity index is 1400. The summed E-state index contributed by atoms with van der Waals surface area (Å²) in [5.74, 6) is -0.597. The van der Waals surface area contributed by atoms with Gasteiger partial charge in [-0.3, -0.25) is 4.79 Å². The summed E-state index contributed by atoms with van der Waals surface area (Å²) < 4.78 is 5.42. The van der Waals surface area contributed by atoms with Gasteiger partial charge in [-0.15, -0.1) is 0 Å². The number of ketones is 1. The van der Waals surface area contributed by atoms with Crippen LogP contribution < -0.4 is 4.90 Å². The van der Waals surface area contributed by atoms with E-state index in [-0.39, 0.29) is 17.2 Å². The number of hydrogen-bond donors (Lipinski definition) is 2. The highest BCUT2D eigenvalue weighted by Crippen LogP contribution is 2.37. The second-order valence-electron chi connectivity index (χ2n) is 7.89. The molecule has 164 valence electrons. The number of aromatic nitrogens is 1. The number of H-pyrrole nitrogens is 1. The zero-order valence-electron chi connectivity index (χ0n) is 17.6. The van der Waals surface area contributed by atoms with Crippen LogP contribution in [0.25, 0.3) is 22.0 Å². The number of hydrogen-bond acceptors (Lipinski definition) is 5. The van der Waals surface area contributed by atoms with Gasteiger partial charge in [0.05, 0.1) is 40.9 Å². The van der Waals surface area contributed by atoms with Gasteiger partial charge < -0.3 is 19.7 Å². The van der Waals surface area contributed by atoms with Crippen LogP contribution in [0.3, 0.4) is 0 Å². The van der Waals surface area contributed by atoms with Gasteiger partial charge in [0.15, 0.2) is 5.78 Å². The maximum absolute atomic E-state index is 13.2. The van der Waals surface area contributed by atoms with Gasteiger partial charge in [0, 0.05) is 35.3 Å². The zero-order valence-corrected chi connectivity index (χ0v) is 18.4. The Morgan fingerprint density at radius 3 is 2.58 bits per heavy atom. The molecule has 2 heterocycles. The molecule has 1 aliphatic heterocycles. The quantitative estimate of drug-likeness (QED) is 0.414. The molecule has 1 saturated heterocycles. The minimum atomic E-state index is -0.369. The third-order valence-electron chi connectivity index (χ3n) is 5.90. The number of nitrogens with one attached hydrogen (secondary N) is 1. The average molecular weight is 458 g/mol. The van der Waals surface area contributed by atoms with E-state index in [1.54, 1.807) is 24.3 Å². The van der Waals surface area contributed by atoms with E-state index in [1.165, 1.54) is 6.07 Å². The van der Waals surface area contributed by atoms with Gasteiger partial charge >= 0.3 is 0 Å². The molecule has 1 aromatic heterocycles. The Morgan fingerprint density at radius 1 is 1.09 bits per heavy atom. The van der Waals surface area contributed by atoms with E-state index in [4.69, 9.17) is 21.6 Å². The molecule has 1 aliphatic rings. The predicted molar refractivity (Wildman–Crippen MR) is 128 cm³/mol. The van der Waals surface area contributed by atoms with Gasteiger partial charge in [0.1, 0.15) is 0 Å². The molecule has 0 atom stereocenters. The molecule has 0 amide bonds. The van der Waals surface area contributed by atoms with Crippen LogP contribution in [0.5, 0.6) is 5.88 Å². The van der Waals surface area contributed by atoms with E-state index in [2.05, 4.69) is 22.0 Å². The fourth-order valence-corrected chi connectivity index (χ4v) is 4.47. The van der Waals surface area contributed by atoms with Crippen LogP contribution in [-0.4, -0.2) is 42.2 Å². The van der Waals surface area contributed by atoms with Gasteiger partial charge in [-0.25, -0.2) is 0 Å². The van der Waals surface area contributed by atoms with Crippen molar-refractivity contribution in [3.05, 3.63) is 82.4 Å². The van der Waals surface area contributed by atoms with Crippen molar-refractivity contribution in [2.24, 2.45) is 0 Å². The van der Waals surface area contributed by atoms with Crippen molar-refractivity contribution in [2.75, 3.05) is 31.2 Å². The minimum Gasteiger partial charge on any atom is -0.494 e. The van der Waals surface area contributed by atoms with Gasteiger partial charge in [0.25, 0.3) is 0 Å². The first kappa shape index (κ1) is 21.1. The number of ether oxygens (including phenoxy) is 1. The van der Waals surface area contributed by atoms with E-state index in [0.29, 0.717) is 27.1 Å². The summed E-state index contributed by atoms with van der Waals surface area (Å²) in [6, 6.07) is 20.1. The number of anilines is 1. The summed E-state index contributed by atoms with van der Waals surface area (Å²) in [4.78, 5) is 18.3. The predicted octanol–water partition coefficient (Wildman–Crippen LogP) is 5.13. The Balaban J connectivity index is 1.55. The third kappa shape index (κ3) is 3.93. The molecule has 0 spiro atoms. The van der Waals surface area contributed by atoms with Crippen LogP contribution in [0.15, 0.2) is 60.7 Å². The molecule has 0 aliphatic carbocycles. The van der Waals surface area contributed by atoms with Crippen LogP contribution in [0, 0.1) is 11.3 Å². The minimum absolute atomic E-state index is 0.156. The van der Waals surface area contributed by atoms with Crippen molar-refractivity contribution in [3.63, 3.8) is 0 Å². The number of carbonyl (C=O) groups excluding carboxylic acids is 1. The fourth-order valence-electron chi connectivity index (χ4n) is 4.20. The lowest BCUT2D eigenvalue weighted by atomic mass is 9.97. The van der Waals surface area contributed by atoms with Gasteiger partial charge in [-0.2, -0.15) is 5.26 Å². The Kier molecular flexibility index (Phi) is 5.51. The molecule has 7 heteroatoms. The van der Waals surface area contributed by atoms with Crippen molar-refractivity contribution >= 4 is 34.0 Å². The molecule has 0 bridgehead atoms. The standard InChI is InChI=1S/C26H20ClN3O3/c27-22-14-23-21(24(26(32)29-23)25(31)18-3-1-2-16(12-18)15-28)13-20(22)17-4-6-19(7-5-17)30-8-10-33-11-9-30/h1-7,12-14,29,32H,8-11H2. The van der Waals surface area contributed by atoms with Crippen LogP contribution >= 0.6 is 11.6 Å². The Labute approximate surface area is 195 Å². The van der Waals surface area contributed by atoms with E-state index < -0.39 is 0 Å². The number of morpholine rings is 1. The topological polar surface area (TPSA) is 89.3 Å². The number of fused-ring (bicyclic) bond motifs is 1. The van der Waals surface area contributed by atoms with Crippen molar-refractivity contribution in [2.45, 2.75) is 0 Å². The first-order chi connectivity index (χ1) is 16.0. The number of halogens is 1.